The molecule has 19 heavy (non-hydrogen) atoms. The highest BCUT2D eigenvalue weighted by Crippen LogP contribution is 2.38. The van der Waals surface area contributed by atoms with Gasteiger partial charge in [-0.3, -0.25) is 9.59 Å². The molecular weight excluding hydrogens is 246 g/mol. The highest BCUT2D eigenvalue weighted by atomic mass is 16.3. The van der Waals surface area contributed by atoms with Crippen molar-refractivity contribution in [3.63, 3.8) is 0 Å². The number of Topliss-reactive ketones (excluding diaryl/α,β-unsaturated/α-hetero) is 1. The number of aromatic hydroxyl groups is 2. The monoisotopic (exact) mass is 263 g/mol. The van der Waals surface area contributed by atoms with Crippen molar-refractivity contribution in [3.8, 4) is 11.5 Å². The lowest BCUT2D eigenvalue weighted by atomic mass is 9.75. The predicted octanol–water partition coefficient (Wildman–Crippen LogP) is 1.05. The van der Waals surface area contributed by atoms with Gasteiger partial charge >= 0.3 is 0 Å². The summed E-state index contributed by atoms with van der Waals surface area (Å²) in [6.45, 7) is 2.79. The third-order valence-electron chi connectivity index (χ3n) is 3.75. The molecule has 0 bridgehead atoms. The molecule has 0 radical (unpaired) electrons. The molecule has 1 unspecified atom stereocenters. The van der Waals surface area contributed by atoms with Crippen LogP contribution in [-0.2, 0) is 22.4 Å². The number of nitrogens with one attached hydrogen (secondary N) is 1. The first-order chi connectivity index (χ1) is 8.85. The molecule has 0 saturated carbocycles. The molecular formula is C14H17NO4. The van der Waals surface area contributed by atoms with Gasteiger partial charge in [0.05, 0.1) is 0 Å². The lowest BCUT2D eigenvalue weighted by Gasteiger charge is -2.37. The van der Waals surface area contributed by atoms with Crippen LogP contribution in [0.15, 0.2) is 12.1 Å². The van der Waals surface area contributed by atoms with Crippen LogP contribution >= 0.6 is 0 Å². The van der Waals surface area contributed by atoms with E-state index in [1.807, 2.05) is 0 Å². The highest BCUT2D eigenvalue weighted by Gasteiger charge is 2.41. The molecule has 0 aromatic heterocycles. The fraction of sp³-hybridized carbons (Fsp3) is 0.429. The molecule has 5 heteroatoms. The minimum atomic E-state index is -0.982. The summed E-state index contributed by atoms with van der Waals surface area (Å²) in [7, 11) is 0. The predicted molar refractivity (Wildman–Crippen MR) is 69.0 cm³/mol. The highest BCUT2D eigenvalue weighted by molar-refractivity contribution is 5.91. The van der Waals surface area contributed by atoms with Gasteiger partial charge in [0.1, 0.15) is 17.0 Å². The van der Waals surface area contributed by atoms with E-state index in [-0.39, 0.29) is 29.6 Å². The van der Waals surface area contributed by atoms with Gasteiger partial charge < -0.3 is 15.5 Å². The molecule has 3 N–H and O–H groups in total. The first-order valence-corrected chi connectivity index (χ1v) is 6.18. The average molecular weight is 263 g/mol. The molecule has 5 nitrogen and oxygen atoms in total. The van der Waals surface area contributed by atoms with Crippen LogP contribution in [0.4, 0.5) is 0 Å². The molecule has 1 atom stereocenters. The smallest absolute Gasteiger partial charge is 0.217 e. The number of benzene rings is 1. The van der Waals surface area contributed by atoms with E-state index in [2.05, 4.69) is 5.32 Å². The van der Waals surface area contributed by atoms with E-state index in [0.29, 0.717) is 24.0 Å². The van der Waals surface area contributed by atoms with Crippen molar-refractivity contribution in [2.45, 2.75) is 38.6 Å². The van der Waals surface area contributed by atoms with Gasteiger partial charge in [-0.05, 0) is 31.9 Å². The number of carbonyl (C=O) groups is 2. The fourth-order valence-electron chi connectivity index (χ4n) is 2.71. The Morgan fingerprint density at radius 3 is 2.26 bits per heavy atom. The van der Waals surface area contributed by atoms with Crippen LogP contribution in [0.2, 0.25) is 0 Å². The van der Waals surface area contributed by atoms with Gasteiger partial charge in [-0.1, -0.05) is 0 Å². The van der Waals surface area contributed by atoms with E-state index in [1.165, 1.54) is 26.0 Å². The van der Waals surface area contributed by atoms with Crippen molar-refractivity contribution in [1.29, 1.82) is 0 Å². The number of hydrogen-bond donors (Lipinski definition) is 3. The van der Waals surface area contributed by atoms with Crippen molar-refractivity contribution in [3.05, 3.63) is 23.3 Å². The molecule has 1 aliphatic carbocycles. The summed E-state index contributed by atoms with van der Waals surface area (Å²) in [6.07, 6.45) is 1.07. The second-order valence-electron chi connectivity index (χ2n) is 5.06. The molecule has 0 fully saturated rings. The average Bonchev–Trinajstić information content (AvgIpc) is 2.33. The molecule has 1 amide bonds. The number of phenolic OH excluding ortho intramolecular Hbond substituents is 2. The molecule has 102 valence electrons. The summed E-state index contributed by atoms with van der Waals surface area (Å²) in [4.78, 5) is 23.2. The molecule has 0 spiro atoms. The Bertz CT molecular complexity index is 553. The number of rotatable bonds is 2. The molecule has 1 aliphatic rings. The Kier molecular flexibility index (Phi) is 3.22. The normalized spacial score (nSPS) is 21.6. The van der Waals surface area contributed by atoms with E-state index < -0.39 is 5.54 Å². The summed E-state index contributed by atoms with van der Waals surface area (Å²) in [5.41, 5.74) is 0.210. The van der Waals surface area contributed by atoms with Gasteiger partial charge in [-0.15, -0.1) is 0 Å². The number of hydrogen-bond acceptors (Lipinski definition) is 4. The van der Waals surface area contributed by atoms with Gasteiger partial charge in [-0.2, -0.15) is 0 Å². The molecule has 0 aliphatic heterocycles. The Labute approximate surface area is 111 Å². The zero-order valence-electron chi connectivity index (χ0n) is 11.0. The zero-order valence-corrected chi connectivity index (χ0v) is 11.0. The number of fused-ring (bicyclic) bond motifs is 1. The Morgan fingerprint density at radius 1 is 1.16 bits per heavy atom. The van der Waals surface area contributed by atoms with E-state index in [0.717, 1.165) is 0 Å². The topological polar surface area (TPSA) is 86.6 Å². The first kappa shape index (κ1) is 13.4. The summed E-state index contributed by atoms with van der Waals surface area (Å²) >= 11 is 0. The van der Waals surface area contributed by atoms with Crippen LogP contribution in [0, 0.1) is 0 Å². The van der Waals surface area contributed by atoms with Crippen LogP contribution in [0.25, 0.3) is 0 Å². The lowest BCUT2D eigenvalue weighted by Crippen LogP contribution is -2.56. The Hall–Kier alpha value is -2.04. The van der Waals surface area contributed by atoms with Crippen molar-refractivity contribution >= 4 is 11.7 Å². The van der Waals surface area contributed by atoms with Crippen molar-refractivity contribution in [2.75, 3.05) is 0 Å². The third-order valence-corrected chi connectivity index (χ3v) is 3.75. The SMILES string of the molecule is CC(=O)NC1(C(C)=O)CCc2c(O)ccc(O)c2C1. The van der Waals surface area contributed by atoms with Gasteiger partial charge in [0.15, 0.2) is 5.78 Å². The van der Waals surface area contributed by atoms with Crippen LogP contribution in [0.5, 0.6) is 11.5 Å². The third kappa shape index (κ3) is 2.28. The Morgan fingerprint density at radius 2 is 1.74 bits per heavy atom. The quantitative estimate of drug-likeness (QED) is 0.696. The van der Waals surface area contributed by atoms with E-state index in [9.17, 15) is 19.8 Å². The van der Waals surface area contributed by atoms with Gasteiger partial charge in [0.2, 0.25) is 5.91 Å². The maximum absolute atomic E-state index is 11.9. The fourth-order valence-corrected chi connectivity index (χ4v) is 2.71. The molecule has 1 aromatic rings. The minimum absolute atomic E-state index is 0.0449. The summed E-state index contributed by atoms with van der Waals surface area (Å²) in [5.74, 6) is -0.259. The van der Waals surface area contributed by atoms with Crippen LogP contribution < -0.4 is 5.32 Å². The van der Waals surface area contributed by atoms with Crippen LogP contribution in [0.1, 0.15) is 31.4 Å². The zero-order chi connectivity index (χ0) is 14.2. The van der Waals surface area contributed by atoms with E-state index in [1.54, 1.807) is 0 Å². The minimum Gasteiger partial charge on any atom is -0.508 e. The summed E-state index contributed by atoms with van der Waals surface area (Å²) in [5, 5.41) is 22.4. The van der Waals surface area contributed by atoms with Gasteiger partial charge in [-0.25, -0.2) is 0 Å². The van der Waals surface area contributed by atoms with Gasteiger partial charge in [0.25, 0.3) is 0 Å². The number of ketones is 1. The number of amides is 1. The molecule has 0 saturated heterocycles. The first-order valence-electron chi connectivity index (χ1n) is 6.18. The van der Waals surface area contributed by atoms with Crippen LogP contribution in [-0.4, -0.2) is 27.4 Å². The summed E-state index contributed by atoms with van der Waals surface area (Å²) in [6, 6.07) is 2.84. The second kappa shape index (κ2) is 4.57. The number of phenols is 2. The van der Waals surface area contributed by atoms with Crippen molar-refractivity contribution in [1.82, 2.24) is 5.32 Å². The molecule has 1 aromatic carbocycles. The van der Waals surface area contributed by atoms with Gasteiger partial charge in [0, 0.05) is 24.5 Å². The maximum Gasteiger partial charge on any atom is 0.217 e. The van der Waals surface area contributed by atoms with E-state index >= 15 is 0 Å². The largest absolute Gasteiger partial charge is 0.508 e. The maximum atomic E-state index is 11.9. The standard InChI is InChI=1S/C14H17NO4/c1-8(16)14(15-9(2)17)6-5-10-11(7-14)13(19)4-3-12(10)18/h3-4,18-19H,5-7H2,1-2H3,(H,15,17). The van der Waals surface area contributed by atoms with Crippen molar-refractivity contribution in [2.24, 2.45) is 0 Å². The number of carbonyl (C=O) groups excluding carboxylic acids is 2. The molecule has 0 heterocycles. The summed E-state index contributed by atoms with van der Waals surface area (Å²) < 4.78 is 0. The molecule has 2 rings (SSSR count). The van der Waals surface area contributed by atoms with E-state index in [4.69, 9.17) is 0 Å². The Balaban J connectivity index is 2.46. The second-order valence-corrected chi connectivity index (χ2v) is 5.06. The lowest BCUT2D eigenvalue weighted by molar-refractivity contribution is -0.130. The van der Waals surface area contributed by atoms with Crippen LogP contribution in [0.3, 0.4) is 0 Å². The van der Waals surface area contributed by atoms with Crippen molar-refractivity contribution < 1.29 is 19.8 Å².